The molecule has 4 aliphatic carbocycles. The normalized spacial score (nSPS) is 28.6. The fourth-order valence-electron chi connectivity index (χ4n) is 7.09. The van der Waals surface area contributed by atoms with Crippen molar-refractivity contribution < 1.29 is 48.0 Å². The van der Waals surface area contributed by atoms with E-state index in [1.54, 1.807) is 11.9 Å². The predicted molar refractivity (Wildman–Crippen MR) is 138 cm³/mol. The van der Waals surface area contributed by atoms with Gasteiger partial charge in [-0.2, -0.15) is 13.2 Å². The maximum atomic E-state index is 14.6. The van der Waals surface area contributed by atoms with Gasteiger partial charge >= 0.3 is 6.18 Å². The van der Waals surface area contributed by atoms with Crippen LogP contribution in [0.3, 0.4) is 0 Å². The van der Waals surface area contributed by atoms with E-state index in [0.29, 0.717) is 0 Å². The van der Waals surface area contributed by atoms with Crippen LogP contribution in [0.25, 0.3) is 5.76 Å². The van der Waals surface area contributed by atoms with Gasteiger partial charge in [-0.25, -0.2) is 0 Å². The first-order valence-corrected chi connectivity index (χ1v) is 13.3. The van der Waals surface area contributed by atoms with Crippen molar-refractivity contribution in [2.24, 2.45) is 17.6 Å². The third-order valence-corrected chi connectivity index (χ3v) is 9.21. The number of nitrogens with two attached hydrogens (primary N) is 1. The van der Waals surface area contributed by atoms with Crippen LogP contribution in [0.15, 0.2) is 23.0 Å². The largest absolute Gasteiger partial charge is 0.508 e. The van der Waals surface area contributed by atoms with Crippen LogP contribution in [0.2, 0.25) is 0 Å². The fraction of sp³-hybridized carbons (Fsp3) is 0.536. The van der Waals surface area contributed by atoms with Crippen LogP contribution in [-0.2, 0) is 33.5 Å². The first kappa shape index (κ1) is 29.1. The summed E-state index contributed by atoms with van der Waals surface area (Å²) in [7, 11) is 4.59. The first-order valence-electron chi connectivity index (χ1n) is 13.3. The topological polar surface area (TPSA) is 165 Å². The molecule has 4 aliphatic rings. The molecule has 0 saturated heterocycles. The number of amides is 1. The molecule has 222 valence electrons. The smallest absolute Gasteiger partial charge is 0.417 e. The summed E-state index contributed by atoms with van der Waals surface area (Å²) in [6.07, 6.45) is -2.92. The van der Waals surface area contributed by atoms with E-state index in [2.05, 4.69) is 0 Å². The average Bonchev–Trinajstić information content (AvgIpc) is 2.78. The van der Waals surface area contributed by atoms with Crippen molar-refractivity contribution in [1.29, 1.82) is 0 Å². The molecule has 0 aliphatic heterocycles. The molecule has 0 radical (unpaired) electrons. The number of hydrogen-bond donors (Lipinski definition) is 5. The molecule has 1 aromatic rings. The summed E-state index contributed by atoms with van der Waals surface area (Å²) in [6.45, 7) is -0.102. The van der Waals surface area contributed by atoms with Gasteiger partial charge in [0.05, 0.1) is 17.2 Å². The Bertz CT molecular complexity index is 1430. The number of Topliss-reactive ketones (excluding diaryl/α,β-unsaturated/α-hetero) is 2. The van der Waals surface area contributed by atoms with E-state index in [1.165, 1.54) is 19.0 Å². The zero-order chi connectivity index (χ0) is 30.3. The van der Waals surface area contributed by atoms with Crippen LogP contribution in [-0.4, -0.2) is 86.5 Å². The average molecular weight is 580 g/mol. The summed E-state index contributed by atoms with van der Waals surface area (Å²) >= 11 is 0. The minimum absolute atomic E-state index is 0.102. The number of primary amides is 1. The third kappa shape index (κ3) is 4.16. The Kier molecular flexibility index (Phi) is 6.79. The lowest BCUT2D eigenvalue weighted by Crippen LogP contribution is -2.65. The number of phenolic OH excluding ortho intramolecular Hbond substituents is 1. The van der Waals surface area contributed by atoms with E-state index in [9.17, 15) is 48.0 Å². The minimum Gasteiger partial charge on any atom is -0.508 e. The number of likely N-dealkylation sites (N-methyl/N-ethyl adjacent to an activating group) is 1. The number of rotatable bonds is 5. The Labute approximate surface area is 233 Å². The molecule has 0 heterocycles. The zero-order valence-corrected chi connectivity index (χ0v) is 22.7. The maximum Gasteiger partial charge on any atom is 0.417 e. The maximum absolute atomic E-state index is 14.6. The van der Waals surface area contributed by atoms with Gasteiger partial charge in [-0.1, -0.05) is 6.42 Å². The number of alkyl halides is 3. The molecular formula is C28H32F3N3O7. The molecule has 2 fully saturated rings. The van der Waals surface area contributed by atoms with E-state index >= 15 is 0 Å². The minimum atomic E-state index is -4.87. The van der Waals surface area contributed by atoms with Crippen LogP contribution in [0.1, 0.15) is 47.9 Å². The molecule has 0 aromatic heterocycles. The highest BCUT2D eigenvalue weighted by Gasteiger charge is 2.64. The third-order valence-electron chi connectivity index (χ3n) is 9.21. The summed E-state index contributed by atoms with van der Waals surface area (Å²) < 4.78 is 43.9. The lowest BCUT2D eigenvalue weighted by molar-refractivity contribution is -0.153. The fourth-order valence-corrected chi connectivity index (χ4v) is 7.09. The van der Waals surface area contributed by atoms with E-state index in [0.717, 1.165) is 25.3 Å². The van der Waals surface area contributed by atoms with Gasteiger partial charge in [-0.05, 0) is 69.9 Å². The lowest BCUT2D eigenvalue weighted by Gasteiger charge is -2.50. The van der Waals surface area contributed by atoms with Crippen LogP contribution >= 0.6 is 0 Å². The second-order valence-electron chi connectivity index (χ2n) is 11.7. The molecule has 1 aromatic carbocycles. The number of aliphatic hydroxyl groups is 3. The van der Waals surface area contributed by atoms with Crippen molar-refractivity contribution in [1.82, 2.24) is 9.80 Å². The van der Waals surface area contributed by atoms with E-state index < -0.39 is 93.1 Å². The van der Waals surface area contributed by atoms with Crippen molar-refractivity contribution >= 4 is 23.2 Å². The predicted octanol–water partition coefficient (Wildman–Crippen LogP) is 1.97. The van der Waals surface area contributed by atoms with Gasteiger partial charge in [0.25, 0.3) is 5.91 Å². The molecule has 2 saturated carbocycles. The highest BCUT2D eigenvalue weighted by atomic mass is 19.4. The molecule has 0 unspecified atom stereocenters. The van der Waals surface area contributed by atoms with E-state index in [-0.39, 0.29) is 30.1 Å². The molecule has 4 atom stereocenters. The Balaban J connectivity index is 1.71. The van der Waals surface area contributed by atoms with E-state index in [4.69, 9.17) is 5.73 Å². The van der Waals surface area contributed by atoms with Gasteiger partial charge in [-0.15, -0.1) is 0 Å². The van der Waals surface area contributed by atoms with Gasteiger partial charge in [0.15, 0.2) is 11.4 Å². The van der Waals surface area contributed by atoms with Crippen LogP contribution < -0.4 is 5.73 Å². The number of carbonyl (C=O) groups is 3. The molecule has 0 bridgehead atoms. The second kappa shape index (κ2) is 9.57. The highest BCUT2D eigenvalue weighted by molar-refractivity contribution is 6.24. The number of aromatic hydroxyl groups is 1. The molecule has 0 spiro atoms. The van der Waals surface area contributed by atoms with Gasteiger partial charge in [0.2, 0.25) is 5.78 Å². The quantitative estimate of drug-likeness (QED) is 0.328. The lowest BCUT2D eigenvalue weighted by atomic mass is 9.57. The molecule has 13 heteroatoms. The summed E-state index contributed by atoms with van der Waals surface area (Å²) in [5, 5.41) is 44.6. The van der Waals surface area contributed by atoms with Crippen molar-refractivity contribution in [2.45, 2.75) is 62.5 Å². The number of phenols is 1. The number of halogens is 3. The van der Waals surface area contributed by atoms with E-state index in [1.807, 2.05) is 0 Å². The number of nitrogens with zero attached hydrogens (tertiary/aromatic N) is 2. The monoisotopic (exact) mass is 579 g/mol. The van der Waals surface area contributed by atoms with Crippen molar-refractivity contribution in [3.8, 4) is 5.75 Å². The second-order valence-corrected chi connectivity index (χ2v) is 11.7. The molecule has 41 heavy (non-hydrogen) atoms. The molecule has 10 nitrogen and oxygen atoms in total. The standard InChI is InChI=1S/C28H32F3N3O7/c1-33(2)21-15-8-11-7-14-18(16(35)9-12(20(14)28(29,30)31)10-34(3)13-5-4-6-13)22(36)17(11)24(38)27(15,41)25(39)19(23(21)37)26(32)40/h9,11,13,15,21,35-36,39,41H,4-8,10H2,1-3H3,(H2,32,40)/t11-,15-,21-,27-/m0/s1. The highest BCUT2D eigenvalue weighted by Crippen LogP contribution is 2.54. The summed E-state index contributed by atoms with van der Waals surface area (Å²) in [6, 6.07) is -0.283. The summed E-state index contributed by atoms with van der Waals surface area (Å²) in [5.41, 5.74) is -1.20. The Hall–Kier alpha value is -3.42. The SMILES string of the molecule is CN(Cc1cc(O)c2c(c1C(F)(F)F)C[C@H]1C[C@H]3[C@H](N(C)C)C(=O)C(C(N)=O)=C(O)[C@@]3(O)C(=O)C1=C2O)C1CCC1. The molecule has 5 rings (SSSR count). The van der Waals surface area contributed by atoms with Crippen LogP contribution in [0.4, 0.5) is 13.2 Å². The van der Waals surface area contributed by atoms with Crippen molar-refractivity contribution in [3.05, 3.63) is 45.2 Å². The van der Waals surface area contributed by atoms with Crippen LogP contribution in [0.5, 0.6) is 5.75 Å². The Morgan fingerprint density at radius 2 is 1.78 bits per heavy atom. The number of ketones is 2. The zero-order valence-electron chi connectivity index (χ0n) is 22.7. The number of aliphatic hydroxyl groups excluding tert-OH is 2. The summed E-state index contributed by atoms with van der Waals surface area (Å²) in [5.74, 6) is -8.95. The molecule has 6 N–H and O–H groups in total. The number of fused-ring (bicyclic) bond motifs is 3. The van der Waals surface area contributed by atoms with Gasteiger partial charge < -0.3 is 26.2 Å². The van der Waals surface area contributed by atoms with Crippen molar-refractivity contribution in [3.63, 3.8) is 0 Å². The van der Waals surface area contributed by atoms with Gasteiger partial charge in [0, 0.05) is 24.1 Å². The molecular weight excluding hydrogens is 547 g/mol. The number of carbonyl (C=O) groups excluding carboxylic acids is 3. The Morgan fingerprint density at radius 1 is 1.15 bits per heavy atom. The number of benzene rings is 1. The van der Waals surface area contributed by atoms with Gasteiger partial charge in [-0.3, -0.25) is 24.2 Å². The Morgan fingerprint density at radius 3 is 2.29 bits per heavy atom. The summed E-state index contributed by atoms with van der Waals surface area (Å²) in [4.78, 5) is 42.2. The first-order chi connectivity index (χ1) is 19.0. The van der Waals surface area contributed by atoms with Crippen molar-refractivity contribution in [2.75, 3.05) is 21.1 Å². The molecule has 1 amide bonds. The van der Waals surface area contributed by atoms with Crippen LogP contribution in [0, 0.1) is 11.8 Å². The number of hydrogen-bond acceptors (Lipinski definition) is 9. The van der Waals surface area contributed by atoms with Gasteiger partial charge in [0.1, 0.15) is 22.8 Å².